The lowest BCUT2D eigenvalue weighted by molar-refractivity contribution is -0.121. The third-order valence-corrected chi connectivity index (χ3v) is 5.19. The molecule has 2 atom stereocenters. The van der Waals surface area contributed by atoms with Crippen molar-refractivity contribution >= 4 is 45.9 Å². The van der Waals surface area contributed by atoms with E-state index in [4.69, 9.17) is 27.9 Å². The Morgan fingerprint density at radius 2 is 1.70 bits per heavy atom. The van der Waals surface area contributed by atoms with Gasteiger partial charge in [-0.15, -0.1) is 0 Å². The summed E-state index contributed by atoms with van der Waals surface area (Å²) in [7, 11) is -1.42. The number of hydrogen-bond donors (Lipinski definition) is 1. The maximum Gasteiger partial charge on any atom is 0.408 e. The number of carbonyl (C=O) groups is 2. The number of ether oxygens (including phenoxy) is 1. The lowest BCUT2D eigenvalue weighted by Crippen LogP contribution is -2.44. The molecule has 0 fully saturated rings. The minimum Gasteiger partial charge on any atom is -0.444 e. The van der Waals surface area contributed by atoms with Crippen LogP contribution in [-0.4, -0.2) is 33.5 Å². The molecule has 0 heterocycles. The summed E-state index contributed by atoms with van der Waals surface area (Å²) in [6.07, 6.45) is -0.0956. The van der Waals surface area contributed by atoms with Gasteiger partial charge < -0.3 is 10.1 Å². The van der Waals surface area contributed by atoms with Crippen LogP contribution in [0.4, 0.5) is 4.79 Å². The van der Waals surface area contributed by atoms with Gasteiger partial charge in [-0.3, -0.25) is 9.00 Å². The van der Waals surface area contributed by atoms with E-state index in [0.29, 0.717) is 21.4 Å². The number of alkyl carbamates (subject to hydrolysis) is 1. The van der Waals surface area contributed by atoms with E-state index in [1.54, 1.807) is 39.0 Å². The lowest BCUT2D eigenvalue weighted by Gasteiger charge is -2.24. The summed E-state index contributed by atoms with van der Waals surface area (Å²) in [6.45, 7) is 9.19. The molecule has 2 unspecified atom stereocenters. The highest BCUT2D eigenvalue weighted by molar-refractivity contribution is 7.85. The second-order valence-corrected chi connectivity index (χ2v) is 10.1. The number of ketones is 1. The monoisotopic (exact) mass is 435 g/mol. The van der Waals surface area contributed by atoms with Crippen LogP contribution in [0, 0.1) is 5.92 Å². The fraction of sp³-hybridized carbons (Fsp3) is 0.579. The molecule has 0 bridgehead atoms. The van der Waals surface area contributed by atoms with Crippen molar-refractivity contribution in [2.24, 2.45) is 5.92 Å². The highest BCUT2D eigenvalue weighted by atomic mass is 35.5. The molecule has 0 aliphatic rings. The third kappa shape index (κ3) is 9.58. The molecule has 152 valence electrons. The predicted molar refractivity (Wildman–Crippen MR) is 110 cm³/mol. The molecule has 5 nitrogen and oxygen atoms in total. The third-order valence-electron chi connectivity index (χ3n) is 3.42. The van der Waals surface area contributed by atoms with E-state index in [1.807, 2.05) is 13.8 Å². The van der Waals surface area contributed by atoms with Crippen LogP contribution in [0.3, 0.4) is 0 Å². The Labute approximate surface area is 173 Å². The molecule has 0 radical (unpaired) electrons. The number of Topliss-reactive ketones (excluding diaryl/α,β-unsaturated/α-hetero) is 1. The fourth-order valence-corrected chi connectivity index (χ4v) is 4.13. The van der Waals surface area contributed by atoms with Crippen molar-refractivity contribution in [3.63, 3.8) is 0 Å². The van der Waals surface area contributed by atoms with E-state index in [1.165, 1.54) is 0 Å². The molecule has 0 saturated carbocycles. The van der Waals surface area contributed by atoms with Gasteiger partial charge in [-0.05, 0) is 51.3 Å². The van der Waals surface area contributed by atoms with Gasteiger partial charge in [-0.1, -0.05) is 37.0 Å². The first-order chi connectivity index (χ1) is 12.4. The summed E-state index contributed by atoms with van der Waals surface area (Å²) in [5.41, 5.74) is -0.650. The van der Waals surface area contributed by atoms with Crippen LogP contribution >= 0.6 is 23.2 Å². The Hall–Kier alpha value is -1.11. The minimum atomic E-state index is -1.42. The van der Waals surface area contributed by atoms with Gasteiger partial charge in [0, 0.05) is 27.1 Å². The zero-order chi connectivity index (χ0) is 20.8. The quantitative estimate of drug-likeness (QED) is 0.623. The molecule has 0 aromatic heterocycles. The Kier molecular flexibility index (Phi) is 9.25. The van der Waals surface area contributed by atoms with Gasteiger partial charge in [0.05, 0.1) is 16.8 Å². The van der Waals surface area contributed by atoms with Gasteiger partial charge in [0.15, 0.2) is 5.78 Å². The summed E-state index contributed by atoms with van der Waals surface area (Å²) in [5.74, 6) is 0.141. The second-order valence-electron chi connectivity index (χ2n) is 7.70. The number of halogens is 2. The predicted octanol–water partition coefficient (Wildman–Crippen LogP) is 5.00. The summed E-state index contributed by atoms with van der Waals surface area (Å²) < 4.78 is 17.7. The number of carbonyl (C=O) groups excluding carboxylic acids is 2. The molecular weight excluding hydrogens is 409 g/mol. The zero-order valence-electron chi connectivity index (χ0n) is 16.3. The number of hydrogen-bond acceptors (Lipinski definition) is 4. The van der Waals surface area contributed by atoms with E-state index >= 15 is 0 Å². The van der Waals surface area contributed by atoms with Crippen LogP contribution in [0.2, 0.25) is 10.0 Å². The Bertz CT molecular complexity index is 681. The summed E-state index contributed by atoms with van der Waals surface area (Å²) in [5, 5.41) is 3.41. The number of nitrogens with one attached hydrogen (secondary N) is 1. The largest absolute Gasteiger partial charge is 0.444 e. The molecule has 8 heteroatoms. The highest BCUT2D eigenvalue weighted by Crippen LogP contribution is 2.22. The molecule has 0 saturated heterocycles. The Morgan fingerprint density at radius 3 is 2.19 bits per heavy atom. The van der Waals surface area contributed by atoms with Gasteiger partial charge in [0.2, 0.25) is 0 Å². The number of rotatable bonds is 8. The number of amides is 1. The van der Waals surface area contributed by atoms with Crippen molar-refractivity contribution in [1.82, 2.24) is 5.32 Å². The number of benzene rings is 1. The average Bonchev–Trinajstić information content (AvgIpc) is 2.48. The molecule has 1 aromatic carbocycles. The van der Waals surface area contributed by atoms with Crippen molar-refractivity contribution < 1.29 is 18.5 Å². The fourth-order valence-electron chi connectivity index (χ4n) is 2.34. The van der Waals surface area contributed by atoms with Crippen LogP contribution in [0.1, 0.15) is 47.5 Å². The van der Waals surface area contributed by atoms with E-state index < -0.39 is 28.5 Å². The summed E-state index contributed by atoms with van der Waals surface area (Å²) in [6, 6.07) is 4.01. The van der Waals surface area contributed by atoms with Crippen molar-refractivity contribution in [3.05, 3.63) is 28.2 Å². The second kappa shape index (κ2) is 10.4. The van der Waals surface area contributed by atoms with Crippen molar-refractivity contribution in [1.29, 1.82) is 0 Å². The van der Waals surface area contributed by atoms with Crippen LogP contribution < -0.4 is 5.32 Å². The average molecular weight is 436 g/mol. The van der Waals surface area contributed by atoms with Crippen molar-refractivity contribution in [3.8, 4) is 0 Å². The smallest absolute Gasteiger partial charge is 0.408 e. The van der Waals surface area contributed by atoms with Gasteiger partial charge >= 0.3 is 6.09 Å². The van der Waals surface area contributed by atoms with Crippen LogP contribution in [0.5, 0.6) is 0 Å². The molecule has 0 aliphatic heterocycles. The molecule has 0 aliphatic carbocycles. The normalized spacial score (nSPS) is 13.9. The van der Waals surface area contributed by atoms with Crippen LogP contribution in [-0.2, 0) is 20.3 Å². The zero-order valence-corrected chi connectivity index (χ0v) is 18.6. The van der Waals surface area contributed by atoms with Gasteiger partial charge in [-0.2, -0.15) is 0 Å². The van der Waals surface area contributed by atoms with Crippen molar-refractivity contribution in [2.45, 2.75) is 64.0 Å². The standard InChI is InChI=1S/C19H27Cl2NO4S/c1-12(2)8-16(22-18(24)26-19(3,4)5)17(23)6-7-27(25)15-10-13(20)9-14(21)11-15/h9-12,16H,6-8H2,1-5H3,(H,22,24). The Balaban J connectivity index is 2.72. The van der Waals surface area contributed by atoms with Gasteiger partial charge in [0.1, 0.15) is 5.60 Å². The van der Waals surface area contributed by atoms with Gasteiger partial charge in [-0.25, -0.2) is 4.79 Å². The lowest BCUT2D eigenvalue weighted by atomic mass is 9.99. The van der Waals surface area contributed by atoms with Gasteiger partial charge in [0.25, 0.3) is 0 Å². The molecule has 1 aromatic rings. The maximum atomic E-state index is 12.6. The minimum absolute atomic E-state index is 0.0595. The Morgan fingerprint density at radius 1 is 1.15 bits per heavy atom. The van der Waals surface area contributed by atoms with E-state index in [0.717, 1.165) is 0 Å². The SMILES string of the molecule is CC(C)CC(NC(=O)OC(C)(C)C)C(=O)CCS(=O)c1cc(Cl)cc(Cl)c1. The van der Waals surface area contributed by atoms with E-state index in [9.17, 15) is 13.8 Å². The van der Waals surface area contributed by atoms with E-state index in [2.05, 4.69) is 5.32 Å². The summed E-state index contributed by atoms with van der Waals surface area (Å²) in [4.78, 5) is 25.1. The molecule has 1 rings (SSSR count). The molecular formula is C19H27Cl2NO4S. The molecule has 1 N–H and O–H groups in total. The van der Waals surface area contributed by atoms with Crippen molar-refractivity contribution in [2.75, 3.05) is 5.75 Å². The van der Waals surface area contributed by atoms with Crippen LogP contribution in [0.15, 0.2) is 23.1 Å². The topological polar surface area (TPSA) is 72.5 Å². The molecule has 27 heavy (non-hydrogen) atoms. The van der Waals surface area contributed by atoms with Crippen LogP contribution in [0.25, 0.3) is 0 Å². The van der Waals surface area contributed by atoms with E-state index in [-0.39, 0.29) is 23.9 Å². The first-order valence-electron chi connectivity index (χ1n) is 8.74. The molecule has 0 spiro atoms. The first kappa shape index (κ1) is 23.9. The highest BCUT2D eigenvalue weighted by Gasteiger charge is 2.25. The maximum absolute atomic E-state index is 12.6. The molecule has 1 amide bonds. The summed E-state index contributed by atoms with van der Waals surface area (Å²) >= 11 is 11.9. The first-order valence-corrected chi connectivity index (χ1v) is 10.8.